The van der Waals surface area contributed by atoms with Crippen LogP contribution in [0.3, 0.4) is 0 Å². The van der Waals surface area contributed by atoms with Crippen LogP contribution >= 0.6 is 0 Å². The molecule has 0 aliphatic heterocycles. The Kier molecular flexibility index (Phi) is 3.78. The van der Waals surface area contributed by atoms with Crippen molar-refractivity contribution in [2.45, 2.75) is 19.9 Å². The summed E-state index contributed by atoms with van der Waals surface area (Å²) in [6.07, 6.45) is 3.74. The highest BCUT2D eigenvalue weighted by Gasteiger charge is 2.17. The molecule has 0 unspecified atom stereocenters. The van der Waals surface area contributed by atoms with Crippen molar-refractivity contribution in [1.29, 1.82) is 0 Å². The van der Waals surface area contributed by atoms with Gasteiger partial charge in [0.15, 0.2) is 0 Å². The number of aromatic nitrogens is 4. The standard InChI is InChI=1S/C11H15N7O2/c1-3-8-7(6-17(2)16-8)4-13-10-9(18(19)20)5-14-11(12)15-10/h5-6H,3-4H2,1-2H3,(H3,12,13,14,15). The first kappa shape index (κ1) is 13.7. The first-order valence-electron chi connectivity index (χ1n) is 6.03. The fourth-order valence-electron chi connectivity index (χ4n) is 1.86. The lowest BCUT2D eigenvalue weighted by atomic mass is 10.2. The van der Waals surface area contributed by atoms with Gasteiger partial charge in [0.25, 0.3) is 0 Å². The first-order valence-corrected chi connectivity index (χ1v) is 6.03. The van der Waals surface area contributed by atoms with Crippen LogP contribution in [-0.4, -0.2) is 24.7 Å². The van der Waals surface area contributed by atoms with E-state index in [0.29, 0.717) is 6.54 Å². The smallest absolute Gasteiger partial charge is 0.329 e. The molecule has 2 heterocycles. The maximum absolute atomic E-state index is 10.9. The van der Waals surface area contributed by atoms with E-state index in [2.05, 4.69) is 20.4 Å². The second-order valence-electron chi connectivity index (χ2n) is 4.20. The monoisotopic (exact) mass is 277 g/mol. The number of hydrogen-bond acceptors (Lipinski definition) is 7. The molecule has 20 heavy (non-hydrogen) atoms. The number of nitrogens with one attached hydrogen (secondary N) is 1. The van der Waals surface area contributed by atoms with Crippen LogP contribution in [0.5, 0.6) is 0 Å². The van der Waals surface area contributed by atoms with Gasteiger partial charge in [-0.25, -0.2) is 4.98 Å². The molecule has 0 aliphatic rings. The molecule has 0 saturated heterocycles. The lowest BCUT2D eigenvalue weighted by Gasteiger charge is -2.06. The minimum Gasteiger partial charge on any atom is -0.368 e. The average Bonchev–Trinajstić information content (AvgIpc) is 2.76. The zero-order valence-corrected chi connectivity index (χ0v) is 11.2. The normalized spacial score (nSPS) is 10.5. The van der Waals surface area contributed by atoms with Gasteiger partial charge >= 0.3 is 5.69 Å². The number of rotatable bonds is 5. The first-order chi connectivity index (χ1) is 9.51. The van der Waals surface area contributed by atoms with Gasteiger partial charge < -0.3 is 11.1 Å². The molecule has 0 aromatic carbocycles. The highest BCUT2D eigenvalue weighted by atomic mass is 16.6. The van der Waals surface area contributed by atoms with E-state index in [1.165, 1.54) is 0 Å². The van der Waals surface area contributed by atoms with Gasteiger partial charge in [-0.2, -0.15) is 10.1 Å². The minimum absolute atomic E-state index is 0.0139. The van der Waals surface area contributed by atoms with Gasteiger partial charge in [0.2, 0.25) is 11.8 Å². The molecule has 0 amide bonds. The third kappa shape index (κ3) is 2.82. The number of hydrogen-bond donors (Lipinski definition) is 2. The van der Waals surface area contributed by atoms with E-state index >= 15 is 0 Å². The lowest BCUT2D eigenvalue weighted by molar-refractivity contribution is -0.384. The predicted molar refractivity (Wildman–Crippen MR) is 73.0 cm³/mol. The highest BCUT2D eigenvalue weighted by Crippen LogP contribution is 2.22. The van der Waals surface area contributed by atoms with E-state index in [9.17, 15) is 10.1 Å². The molecular formula is C11H15N7O2. The van der Waals surface area contributed by atoms with Crippen molar-refractivity contribution in [2.24, 2.45) is 7.05 Å². The molecule has 0 spiro atoms. The number of nitrogens with two attached hydrogens (primary N) is 1. The van der Waals surface area contributed by atoms with Gasteiger partial charge in [0.05, 0.1) is 10.6 Å². The minimum atomic E-state index is -0.550. The van der Waals surface area contributed by atoms with Crippen molar-refractivity contribution >= 4 is 17.5 Å². The Balaban J connectivity index is 2.22. The maximum Gasteiger partial charge on any atom is 0.329 e. The van der Waals surface area contributed by atoms with E-state index in [1.54, 1.807) is 4.68 Å². The summed E-state index contributed by atoms with van der Waals surface area (Å²) in [5, 5.41) is 18.1. The van der Waals surface area contributed by atoms with E-state index in [0.717, 1.165) is 23.9 Å². The summed E-state index contributed by atoms with van der Waals surface area (Å²) in [5.41, 5.74) is 7.14. The fourth-order valence-corrected chi connectivity index (χ4v) is 1.86. The van der Waals surface area contributed by atoms with Crippen LogP contribution in [0.15, 0.2) is 12.4 Å². The SMILES string of the molecule is CCc1nn(C)cc1CNc1nc(N)ncc1[N+](=O)[O-]. The number of nitrogen functional groups attached to an aromatic ring is 1. The molecule has 106 valence electrons. The van der Waals surface area contributed by atoms with Crippen LogP contribution in [0.25, 0.3) is 0 Å². The van der Waals surface area contributed by atoms with E-state index < -0.39 is 4.92 Å². The van der Waals surface area contributed by atoms with Crippen LogP contribution in [0.1, 0.15) is 18.2 Å². The van der Waals surface area contributed by atoms with Gasteiger partial charge in [-0.3, -0.25) is 14.8 Å². The zero-order valence-electron chi connectivity index (χ0n) is 11.2. The van der Waals surface area contributed by atoms with Gasteiger partial charge in [0.1, 0.15) is 6.20 Å². The zero-order chi connectivity index (χ0) is 14.7. The molecule has 3 N–H and O–H groups in total. The molecule has 0 radical (unpaired) electrons. The molecule has 9 heteroatoms. The van der Waals surface area contributed by atoms with Crippen LogP contribution in [0.4, 0.5) is 17.5 Å². The Bertz CT molecular complexity index is 638. The predicted octanol–water partition coefficient (Wildman–Crippen LogP) is 0.875. The molecule has 2 rings (SSSR count). The van der Waals surface area contributed by atoms with Crippen LogP contribution in [0.2, 0.25) is 0 Å². The fraction of sp³-hybridized carbons (Fsp3) is 0.364. The summed E-state index contributed by atoms with van der Waals surface area (Å²) < 4.78 is 1.71. The van der Waals surface area contributed by atoms with Gasteiger partial charge in [-0.05, 0) is 6.42 Å². The van der Waals surface area contributed by atoms with Crippen molar-refractivity contribution < 1.29 is 4.92 Å². The second-order valence-corrected chi connectivity index (χ2v) is 4.20. The molecule has 0 bridgehead atoms. The average molecular weight is 277 g/mol. The molecule has 9 nitrogen and oxygen atoms in total. The topological polar surface area (TPSA) is 125 Å². The maximum atomic E-state index is 10.9. The van der Waals surface area contributed by atoms with Crippen LogP contribution in [0, 0.1) is 10.1 Å². The summed E-state index contributed by atoms with van der Waals surface area (Å²) in [6, 6.07) is 0. The lowest BCUT2D eigenvalue weighted by Crippen LogP contribution is -2.08. The van der Waals surface area contributed by atoms with Crippen molar-refractivity contribution in [1.82, 2.24) is 19.7 Å². The third-order valence-corrected chi connectivity index (χ3v) is 2.76. The molecule has 0 fully saturated rings. The van der Waals surface area contributed by atoms with E-state index in [1.807, 2.05) is 20.2 Å². The number of nitrogens with zero attached hydrogens (tertiary/aromatic N) is 5. The highest BCUT2D eigenvalue weighted by molar-refractivity contribution is 5.56. The largest absolute Gasteiger partial charge is 0.368 e. The summed E-state index contributed by atoms with van der Waals surface area (Å²) in [5.74, 6) is 0.0911. The van der Waals surface area contributed by atoms with Crippen LogP contribution in [-0.2, 0) is 20.0 Å². The third-order valence-electron chi connectivity index (χ3n) is 2.76. The van der Waals surface area contributed by atoms with Crippen molar-refractivity contribution in [3.05, 3.63) is 33.8 Å². The Hall–Kier alpha value is -2.71. The summed E-state index contributed by atoms with van der Waals surface area (Å²) in [7, 11) is 1.83. The molecular weight excluding hydrogens is 262 g/mol. The Morgan fingerprint density at radius 3 is 2.95 bits per heavy atom. The number of nitro groups is 1. The quantitative estimate of drug-likeness (QED) is 0.613. The Morgan fingerprint density at radius 1 is 1.55 bits per heavy atom. The molecule has 0 saturated carbocycles. The molecule has 0 aliphatic carbocycles. The number of anilines is 2. The van der Waals surface area contributed by atoms with Crippen LogP contribution < -0.4 is 11.1 Å². The molecule has 2 aromatic rings. The van der Waals surface area contributed by atoms with Crippen molar-refractivity contribution in [2.75, 3.05) is 11.1 Å². The second kappa shape index (κ2) is 5.51. The van der Waals surface area contributed by atoms with Crippen molar-refractivity contribution in [3.63, 3.8) is 0 Å². The summed E-state index contributed by atoms with van der Waals surface area (Å²) in [4.78, 5) is 17.8. The Labute approximate surface area is 115 Å². The Morgan fingerprint density at radius 2 is 2.30 bits per heavy atom. The molecule has 0 atom stereocenters. The van der Waals surface area contributed by atoms with Gasteiger partial charge in [0, 0.05) is 25.4 Å². The van der Waals surface area contributed by atoms with E-state index in [-0.39, 0.29) is 17.5 Å². The summed E-state index contributed by atoms with van der Waals surface area (Å²) >= 11 is 0. The van der Waals surface area contributed by atoms with Gasteiger partial charge in [-0.15, -0.1) is 0 Å². The number of aryl methyl sites for hydroxylation is 2. The molecule has 2 aromatic heterocycles. The summed E-state index contributed by atoms with van der Waals surface area (Å²) in [6.45, 7) is 2.38. The van der Waals surface area contributed by atoms with Crippen molar-refractivity contribution in [3.8, 4) is 0 Å². The van der Waals surface area contributed by atoms with Gasteiger partial charge in [-0.1, -0.05) is 6.92 Å². The van der Waals surface area contributed by atoms with E-state index in [4.69, 9.17) is 5.73 Å².